The molecule has 2 fully saturated rings. The molecule has 0 aliphatic carbocycles. The minimum atomic E-state index is -4.44. The van der Waals surface area contributed by atoms with Crippen LogP contribution in [0.15, 0.2) is 60.5 Å². The number of nitrogens with one attached hydrogen (secondary N) is 1. The van der Waals surface area contributed by atoms with E-state index in [1.165, 1.54) is 18.2 Å². The molecule has 1 N–H and O–H groups in total. The van der Waals surface area contributed by atoms with Crippen molar-refractivity contribution in [2.75, 3.05) is 31.1 Å². The number of rotatable bonds is 10. The van der Waals surface area contributed by atoms with Crippen molar-refractivity contribution in [1.29, 1.82) is 0 Å². The molecule has 0 spiro atoms. The fourth-order valence-electron chi connectivity index (χ4n) is 4.81. The van der Waals surface area contributed by atoms with Crippen LogP contribution in [0.4, 0.5) is 32.0 Å². The predicted molar refractivity (Wildman–Crippen MR) is 138 cm³/mol. The van der Waals surface area contributed by atoms with Crippen molar-refractivity contribution in [2.45, 2.75) is 56.9 Å². The summed E-state index contributed by atoms with van der Waals surface area (Å²) in [5.74, 6) is 0.260. The zero-order valence-electron chi connectivity index (χ0n) is 21.8. The van der Waals surface area contributed by atoms with Crippen molar-refractivity contribution >= 4 is 11.6 Å². The summed E-state index contributed by atoms with van der Waals surface area (Å²) in [6.45, 7) is 5.35. The molecule has 220 valence electrons. The summed E-state index contributed by atoms with van der Waals surface area (Å²) in [4.78, 5) is 26.5. The van der Waals surface area contributed by atoms with Crippen LogP contribution in [-0.4, -0.2) is 54.1 Å². The van der Waals surface area contributed by atoms with Crippen LogP contribution >= 0.6 is 0 Å². The Hall–Kier alpha value is -3.51. The van der Waals surface area contributed by atoms with Gasteiger partial charge in [0.05, 0.1) is 16.9 Å². The first-order chi connectivity index (χ1) is 18.7. The van der Waals surface area contributed by atoms with Gasteiger partial charge in [-0.3, -0.25) is 14.9 Å². The van der Waals surface area contributed by atoms with Crippen LogP contribution in [-0.2, 0) is 11.0 Å². The van der Waals surface area contributed by atoms with E-state index in [0.717, 1.165) is 42.8 Å². The number of halogens is 6. The molecule has 2 heterocycles. The summed E-state index contributed by atoms with van der Waals surface area (Å²) in [6, 6.07) is 4.80. The lowest BCUT2D eigenvalue weighted by Crippen LogP contribution is -2.36. The van der Waals surface area contributed by atoms with E-state index in [2.05, 4.69) is 11.9 Å². The Bertz CT molecular complexity index is 1110. The topological polar surface area (TPSA) is 78.7 Å². The van der Waals surface area contributed by atoms with Gasteiger partial charge < -0.3 is 15.1 Å². The normalized spacial score (nSPS) is 19.4. The Labute approximate surface area is 228 Å². The average molecular weight is 575 g/mol. The molecule has 2 aliphatic rings. The molecule has 1 amide bonds. The second-order valence-corrected chi connectivity index (χ2v) is 10.0. The van der Waals surface area contributed by atoms with Gasteiger partial charge in [0.25, 0.3) is 5.70 Å². The number of allylic oxidation sites excluding steroid dienone is 3. The fraction of sp³-hybridized carbons (Fsp3) is 0.519. The Balaban J connectivity index is 1.45. The van der Waals surface area contributed by atoms with Gasteiger partial charge in [0, 0.05) is 56.1 Å². The molecular weight excluding hydrogens is 542 g/mol. The van der Waals surface area contributed by atoms with E-state index in [1.807, 2.05) is 4.90 Å². The summed E-state index contributed by atoms with van der Waals surface area (Å²) >= 11 is 0. The van der Waals surface area contributed by atoms with Crippen LogP contribution in [0.2, 0.25) is 0 Å². The van der Waals surface area contributed by atoms with E-state index in [9.17, 15) is 41.3 Å². The minimum absolute atomic E-state index is 0.0486. The second-order valence-electron chi connectivity index (χ2n) is 10.0. The molecule has 0 aromatic heterocycles. The molecule has 7 nitrogen and oxygen atoms in total. The number of carbonyl (C=O) groups excluding carboxylic acids is 1. The Morgan fingerprint density at radius 2 is 1.70 bits per heavy atom. The van der Waals surface area contributed by atoms with E-state index in [0.29, 0.717) is 51.4 Å². The first-order valence-electron chi connectivity index (χ1n) is 13.0. The number of nitrogens with zero attached hydrogens (tertiary/aromatic N) is 3. The van der Waals surface area contributed by atoms with Gasteiger partial charge in [0.1, 0.15) is 0 Å². The zero-order chi connectivity index (χ0) is 29.5. The lowest BCUT2D eigenvalue weighted by atomic mass is 9.91. The minimum Gasteiger partial charge on any atom is -0.381 e. The highest BCUT2D eigenvalue weighted by atomic mass is 19.4. The summed E-state index contributed by atoms with van der Waals surface area (Å²) in [5, 5.41) is 13.7. The first kappa shape index (κ1) is 31.0. The summed E-state index contributed by atoms with van der Waals surface area (Å²) < 4.78 is 76.5. The van der Waals surface area contributed by atoms with E-state index in [4.69, 9.17) is 0 Å². The van der Waals surface area contributed by atoms with Crippen molar-refractivity contribution in [3.05, 3.63) is 76.1 Å². The number of nitro groups is 1. The maximum absolute atomic E-state index is 12.8. The van der Waals surface area contributed by atoms with Gasteiger partial charge in [-0.2, -0.15) is 26.3 Å². The van der Waals surface area contributed by atoms with Gasteiger partial charge in [-0.25, -0.2) is 0 Å². The van der Waals surface area contributed by atoms with Gasteiger partial charge in [-0.05, 0) is 68.5 Å². The summed E-state index contributed by atoms with van der Waals surface area (Å²) in [6.07, 6.45) is -3.76. The van der Waals surface area contributed by atoms with Crippen LogP contribution in [0, 0.1) is 16.0 Å². The Morgan fingerprint density at radius 3 is 2.27 bits per heavy atom. The van der Waals surface area contributed by atoms with Crippen LogP contribution < -0.4 is 10.2 Å². The largest absolute Gasteiger partial charge is 0.416 e. The number of benzene rings is 1. The highest BCUT2D eigenvalue weighted by Gasteiger charge is 2.31. The van der Waals surface area contributed by atoms with Crippen LogP contribution in [0.25, 0.3) is 0 Å². The maximum Gasteiger partial charge on any atom is 0.416 e. The molecule has 0 unspecified atom stereocenters. The molecule has 3 rings (SSSR count). The third-order valence-corrected chi connectivity index (χ3v) is 7.10. The van der Waals surface area contributed by atoms with Gasteiger partial charge in [0.2, 0.25) is 5.91 Å². The van der Waals surface area contributed by atoms with Crippen LogP contribution in [0.5, 0.6) is 0 Å². The van der Waals surface area contributed by atoms with Gasteiger partial charge in [-0.15, -0.1) is 0 Å². The molecule has 1 atom stereocenters. The van der Waals surface area contributed by atoms with Crippen molar-refractivity contribution in [3.63, 3.8) is 0 Å². The number of carbonyl (C=O) groups is 1. The smallest absolute Gasteiger partial charge is 0.381 e. The second kappa shape index (κ2) is 13.2. The molecular formula is C27H32F6N4O3. The first-order valence-corrected chi connectivity index (χ1v) is 13.0. The van der Waals surface area contributed by atoms with Crippen molar-refractivity contribution in [3.8, 4) is 0 Å². The Morgan fingerprint density at radius 1 is 1.05 bits per heavy atom. The number of hydrogen-bond acceptors (Lipinski definition) is 5. The van der Waals surface area contributed by atoms with Crippen LogP contribution in [0.3, 0.4) is 0 Å². The molecule has 2 aliphatic heterocycles. The third kappa shape index (κ3) is 9.60. The monoisotopic (exact) mass is 574 g/mol. The molecule has 40 heavy (non-hydrogen) atoms. The molecule has 1 aromatic carbocycles. The molecule has 0 saturated carbocycles. The molecule has 2 saturated heterocycles. The highest BCUT2D eigenvalue weighted by molar-refractivity contribution is 5.76. The van der Waals surface area contributed by atoms with Crippen molar-refractivity contribution < 1.29 is 36.1 Å². The molecule has 0 radical (unpaired) electrons. The van der Waals surface area contributed by atoms with Crippen molar-refractivity contribution in [1.82, 2.24) is 10.2 Å². The zero-order valence-corrected chi connectivity index (χ0v) is 21.8. The Kier molecular flexibility index (Phi) is 10.3. The highest BCUT2D eigenvalue weighted by Crippen LogP contribution is 2.32. The van der Waals surface area contributed by atoms with Crippen LogP contribution in [0.1, 0.15) is 44.1 Å². The van der Waals surface area contributed by atoms with Crippen molar-refractivity contribution in [2.24, 2.45) is 5.92 Å². The van der Waals surface area contributed by atoms with Gasteiger partial charge in [-0.1, -0.05) is 6.08 Å². The quantitative estimate of drug-likeness (QED) is 0.159. The SMILES string of the molecule is C=C(/C=C\C(=C/CC(F)(F)F)N[C@@H]1CCN(C(=O)CCC2CCN(c3ccc(C(F)(F)F)cc3)CC2)C1)[N+](=O)[O-]. The molecule has 1 aromatic rings. The standard InChI is InChI=1S/C27H32F6N4O3/c1-19(37(39)40)2-6-22(10-14-26(28,29)30)34-23-13-17-36(18-23)25(38)9-3-20-11-15-35(16-12-20)24-7-4-21(5-8-24)27(31,32)33/h2,4-8,10,20,23,34H,1,3,9,11-18H2/b6-2-,22-10+/t23-/m1/s1. The molecule has 13 heteroatoms. The average Bonchev–Trinajstić information content (AvgIpc) is 3.36. The van der Waals surface area contributed by atoms with E-state index in [-0.39, 0.29) is 17.6 Å². The fourth-order valence-corrected chi connectivity index (χ4v) is 4.81. The van der Waals surface area contributed by atoms with E-state index in [1.54, 1.807) is 4.90 Å². The van der Waals surface area contributed by atoms with Gasteiger partial charge >= 0.3 is 12.4 Å². The number of piperidine rings is 1. The number of amides is 1. The molecule has 0 bridgehead atoms. The van der Waals surface area contributed by atoms with Gasteiger partial charge in [0.15, 0.2) is 0 Å². The van der Waals surface area contributed by atoms with E-state index >= 15 is 0 Å². The lowest BCUT2D eigenvalue weighted by Gasteiger charge is -2.34. The predicted octanol–water partition coefficient (Wildman–Crippen LogP) is 6.08. The summed E-state index contributed by atoms with van der Waals surface area (Å²) in [7, 11) is 0. The number of anilines is 1. The maximum atomic E-state index is 12.8. The van der Waals surface area contributed by atoms with E-state index < -0.39 is 35.0 Å². The third-order valence-electron chi connectivity index (χ3n) is 7.10. The summed E-state index contributed by atoms with van der Waals surface area (Å²) in [5.41, 5.74) is -0.346. The number of hydrogen-bond donors (Lipinski definition) is 1. The lowest BCUT2D eigenvalue weighted by molar-refractivity contribution is -0.418. The number of likely N-dealkylation sites (tertiary alicyclic amines) is 1. The number of alkyl halides is 6.